The van der Waals surface area contributed by atoms with Crippen LogP contribution in [0.25, 0.3) is 10.9 Å². The van der Waals surface area contributed by atoms with Crippen molar-refractivity contribution in [1.82, 2.24) is 24.6 Å². The van der Waals surface area contributed by atoms with Crippen LogP contribution in [-0.2, 0) is 13.2 Å². The summed E-state index contributed by atoms with van der Waals surface area (Å²) >= 11 is 8.73. The van der Waals surface area contributed by atoms with Gasteiger partial charge < -0.3 is 4.98 Å². The van der Waals surface area contributed by atoms with Gasteiger partial charge in [-0.05, 0) is 37.3 Å². The molecule has 0 saturated carbocycles. The van der Waals surface area contributed by atoms with Gasteiger partial charge in [0.15, 0.2) is 8.29 Å². The third-order valence-electron chi connectivity index (χ3n) is 3.83. The SMILES string of the molecule is CCCSc1nn(CN(CC)Cc2nc3ccccc3c(=O)[nH]2)c(=S)s1. The highest BCUT2D eigenvalue weighted by Crippen LogP contribution is 2.22. The Morgan fingerprint density at radius 2 is 2.15 bits per heavy atom. The van der Waals surface area contributed by atoms with Crippen LogP contribution in [-0.4, -0.2) is 36.9 Å². The van der Waals surface area contributed by atoms with Gasteiger partial charge in [0.2, 0.25) is 0 Å². The van der Waals surface area contributed by atoms with Crippen molar-refractivity contribution >= 4 is 46.2 Å². The minimum absolute atomic E-state index is 0.106. The first-order chi connectivity index (χ1) is 12.6. The maximum Gasteiger partial charge on any atom is 0.258 e. The molecule has 0 fully saturated rings. The molecule has 3 rings (SSSR count). The Hall–Kier alpha value is -1.55. The molecule has 1 aromatic carbocycles. The van der Waals surface area contributed by atoms with Crippen molar-refractivity contribution in [3.8, 4) is 0 Å². The van der Waals surface area contributed by atoms with Crippen LogP contribution in [0.15, 0.2) is 33.4 Å². The highest BCUT2D eigenvalue weighted by molar-refractivity contribution is 8.01. The maximum atomic E-state index is 12.2. The number of nitrogens with zero attached hydrogens (tertiary/aromatic N) is 4. The number of para-hydroxylation sites is 1. The van der Waals surface area contributed by atoms with Gasteiger partial charge in [0.25, 0.3) is 5.56 Å². The van der Waals surface area contributed by atoms with E-state index >= 15 is 0 Å². The number of rotatable bonds is 8. The fourth-order valence-electron chi connectivity index (χ4n) is 2.50. The van der Waals surface area contributed by atoms with E-state index in [2.05, 4.69) is 33.8 Å². The van der Waals surface area contributed by atoms with Crippen molar-refractivity contribution in [3.63, 3.8) is 0 Å². The van der Waals surface area contributed by atoms with Gasteiger partial charge in [-0.15, -0.1) is 0 Å². The molecule has 0 saturated heterocycles. The largest absolute Gasteiger partial charge is 0.309 e. The van der Waals surface area contributed by atoms with Gasteiger partial charge in [0, 0.05) is 5.75 Å². The highest BCUT2D eigenvalue weighted by atomic mass is 32.2. The number of aromatic amines is 1. The van der Waals surface area contributed by atoms with Gasteiger partial charge in [0.1, 0.15) is 5.82 Å². The molecule has 0 spiro atoms. The number of aromatic nitrogens is 4. The maximum absolute atomic E-state index is 12.2. The van der Waals surface area contributed by atoms with Crippen LogP contribution < -0.4 is 5.56 Å². The Labute approximate surface area is 165 Å². The topological polar surface area (TPSA) is 66.8 Å². The minimum atomic E-state index is -0.106. The van der Waals surface area contributed by atoms with Crippen molar-refractivity contribution in [2.24, 2.45) is 0 Å². The molecule has 0 bridgehead atoms. The zero-order chi connectivity index (χ0) is 18.5. The quantitative estimate of drug-likeness (QED) is 0.451. The first-order valence-corrected chi connectivity index (χ1v) is 10.7. The first-order valence-electron chi connectivity index (χ1n) is 8.51. The number of hydrogen-bond acceptors (Lipinski definition) is 7. The molecule has 0 aliphatic rings. The predicted molar refractivity (Wildman–Crippen MR) is 110 cm³/mol. The van der Waals surface area contributed by atoms with E-state index < -0.39 is 0 Å². The first kappa shape index (κ1) is 19.2. The number of hydrogen-bond donors (Lipinski definition) is 1. The molecule has 0 aliphatic heterocycles. The molecular formula is C17H21N5OS3. The second-order valence-corrected chi connectivity index (χ2v) is 8.76. The van der Waals surface area contributed by atoms with E-state index in [0.29, 0.717) is 29.9 Å². The lowest BCUT2D eigenvalue weighted by atomic mass is 10.2. The Bertz CT molecular complexity index is 994. The Morgan fingerprint density at radius 1 is 1.35 bits per heavy atom. The molecule has 26 heavy (non-hydrogen) atoms. The van der Waals surface area contributed by atoms with E-state index in [0.717, 1.165) is 27.0 Å². The third kappa shape index (κ3) is 4.59. The number of thioether (sulfide) groups is 1. The standard InChI is InChI=1S/C17H21N5OS3/c1-3-9-25-16-20-22(17(24)26-16)11-21(4-2)10-14-18-13-8-6-5-7-12(13)15(23)19-14/h5-8H,3-4,9-11H2,1-2H3,(H,18,19,23). The zero-order valence-corrected chi connectivity index (χ0v) is 17.2. The van der Waals surface area contributed by atoms with E-state index in [1.54, 1.807) is 29.2 Å². The monoisotopic (exact) mass is 407 g/mol. The summed E-state index contributed by atoms with van der Waals surface area (Å²) in [6.07, 6.45) is 1.11. The zero-order valence-electron chi connectivity index (χ0n) is 14.8. The van der Waals surface area contributed by atoms with Gasteiger partial charge in [-0.25, -0.2) is 9.67 Å². The van der Waals surface area contributed by atoms with Gasteiger partial charge in [-0.3, -0.25) is 9.69 Å². The van der Waals surface area contributed by atoms with Crippen LogP contribution in [0.4, 0.5) is 0 Å². The molecule has 1 N–H and O–H groups in total. The lowest BCUT2D eigenvalue weighted by Crippen LogP contribution is -2.28. The minimum Gasteiger partial charge on any atom is -0.309 e. The van der Waals surface area contributed by atoms with Gasteiger partial charge in [-0.2, -0.15) is 5.10 Å². The van der Waals surface area contributed by atoms with Crippen LogP contribution in [0.5, 0.6) is 0 Å². The molecule has 9 heteroatoms. The summed E-state index contributed by atoms with van der Waals surface area (Å²) in [6.45, 7) is 6.14. The molecule has 0 atom stereocenters. The summed E-state index contributed by atoms with van der Waals surface area (Å²) in [5, 5.41) is 5.21. The van der Waals surface area contributed by atoms with Gasteiger partial charge >= 0.3 is 0 Å². The van der Waals surface area contributed by atoms with E-state index in [-0.39, 0.29) is 5.56 Å². The summed E-state index contributed by atoms with van der Waals surface area (Å²) in [4.78, 5) is 21.8. The second kappa shape index (κ2) is 8.90. The average Bonchev–Trinajstić information content (AvgIpc) is 2.99. The van der Waals surface area contributed by atoms with Gasteiger partial charge in [-0.1, -0.05) is 49.1 Å². The van der Waals surface area contributed by atoms with Crippen molar-refractivity contribution in [3.05, 3.63) is 44.4 Å². The summed E-state index contributed by atoms with van der Waals surface area (Å²) in [5.41, 5.74) is 0.607. The predicted octanol–water partition coefficient (Wildman–Crippen LogP) is 3.89. The van der Waals surface area contributed by atoms with E-state index in [4.69, 9.17) is 12.2 Å². The molecule has 6 nitrogen and oxygen atoms in total. The van der Waals surface area contributed by atoms with Crippen LogP contribution in [0.3, 0.4) is 0 Å². The summed E-state index contributed by atoms with van der Waals surface area (Å²) < 4.78 is 3.62. The molecular weight excluding hydrogens is 386 g/mol. The van der Waals surface area contributed by atoms with E-state index in [1.165, 1.54) is 0 Å². The fourth-order valence-corrected chi connectivity index (χ4v) is 4.74. The number of nitrogens with one attached hydrogen (secondary N) is 1. The normalized spacial score (nSPS) is 11.5. The van der Waals surface area contributed by atoms with Crippen molar-refractivity contribution in [2.45, 2.75) is 37.8 Å². The molecule has 2 aromatic heterocycles. The molecule has 2 heterocycles. The molecule has 0 radical (unpaired) electrons. The molecule has 0 amide bonds. The van der Waals surface area contributed by atoms with Crippen molar-refractivity contribution in [2.75, 3.05) is 12.3 Å². The van der Waals surface area contributed by atoms with E-state index in [1.807, 2.05) is 22.9 Å². The number of fused-ring (bicyclic) bond motifs is 1. The Kier molecular flexibility index (Phi) is 6.58. The fraction of sp³-hybridized carbons (Fsp3) is 0.412. The van der Waals surface area contributed by atoms with E-state index in [9.17, 15) is 4.79 Å². The van der Waals surface area contributed by atoms with Crippen LogP contribution in [0.2, 0.25) is 0 Å². The van der Waals surface area contributed by atoms with Gasteiger partial charge in [0.05, 0.1) is 24.1 Å². The molecule has 0 aliphatic carbocycles. The number of H-pyrrole nitrogens is 1. The number of benzene rings is 1. The van der Waals surface area contributed by atoms with Crippen LogP contribution in [0, 0.1) is 3.95 Å². The third-order valence-corrected chi connectivity index (χ3v) is 6.48. The average molecular weight is 408 g/mol. The second-order valence-electron chi connectivity index (χ2n) is 5.80. The summed E-state index contributed by atoms with van der Waals surface area (Å²) in [6, 6.07) is 7.38. The lowest BCUT2D eigenvalue weighted by Gasteiger charge is -2.19. The lowest BCUT2D eigenvalue weighted by molar-refractivity contribution is 0.202. The highest BCUT2D eigenvalue weighted by Gasteiger charge is 2.11. The van der Waals surface area contributed by atoms with Crippen LogP contribution in [0.1, 0.15) is 26.1 Å². The molecule has 138 valence electrons. The summed E-state index contributed by atoms with van der Waals surface area (Å²) in [7, 11) is 0. The van der Waals surface area contributed by atoms with Crippen molar-refractivity contribution < 1.29 is 0 Å². The Morgan fingerprint density at radius 3 is 2.92 bits per heavy atom. The Balaban J connectivity index is 1.77. The van der Waals surface area contributed by atoms with Crippen LogP contribution >= 0.6 is 35.3 Å². The smallest absolute Gasteiger partial charge is 0.258 e. The molecule has 0 unspecified atom stereocenters. The summed E-state index contributed by atoms with van der Waals surface area (Å²) in [5.74, 6) is 1.69. The molecule has 3 aromatic rings. The van der Waals surface area contributed by atoms with Crippen molar-refractivity contribution in [1.29, 1.82) is 0 Å².